The minimum atomic E-state index is -1.23. The highest BCUT2D eigenvalue weighted by atomic mass is 35.5. The molecule has 2 aromatic carbocycles. The van der Waals surface area contributed by atoms with Gasteiger partial charge in [-0.1, -0.05) is 6.42 Å². The summed E-state index contributed by atoms with van der Waals surface area (Å²) in [7, 11) is 0. The van der Waals surface area contributed by atoms with Crippen LogP contribution in [0.25, 0.3) is 21.9 Å². The molecule has 178 valence electrons. The zero-order valence-electron chi connectivity index (χ0n) is 17.4. The molecule has 4 rings (SSSR count). The molecule has 0 saturated heterocycles. The zero-order chi connectivity index (χ0) is 24.7. The van der Waals surface area contributed by atoms with E-state index < -0.39 is 62.8 Å². The zero-order valence-corrected chi connectivity index (χ0v) is 18.2. The van der Waals surface area contributed by atoms with Gasteiger partial charge in [-0.25, -0.2) is 9.59 Å². The molecule has 0 atom stereocenters. The van der Waals surface area contributed by atoms with Crippen LogP contribution in [0.3, 0.4) is 0 Å². The molecule has 0 fully saturated rings. The molecular formula is C23H19ClO10. The molecule has 0 saturated carbocycles. The molecule has 2 heterocycles. The Hall–Kier alpha value is -4.05. The van der Waals surface area contributed by atoms with Gasteiger partial charge in [0.05, 0.1) is 21.9 Å². The van der Waals surface area contributed by atoms with Crippen LogP contribution in [-0.2, 0) is 0 Å². The van der Waals surface area contributed by atoms with Crippen LogP contribution in [0.15, 0.2) is 42.7 Å². The third-order valence-electron chi connectivity index (χ3n) is 5.64. The highest BCUT2D eigenvalue weighted by Crippen LogP contribution is 2.45. The third kappa shape index (κ3) is 3.61. The Morgan fingerprint density at radius 1 is 0.676 bits per heavy atom. The van der Waals surface area contributed by atoms with E-state index in [0.29, 0.717) is 12.8 Å². The number of phenols is 4. The van der Waals surface area contributed by atoms with Crippen LogP contribution in [0.4, 0.5) is 0 Å². The maximum Gasteiger partial charge on any atom is 0.343 e. The lowest BCUT2D eigenvalue weighted by atomic mass is 9.86. The Balaban J connectivity index is 2.03. The predicted molar refractivity (Wildman–Crippen MR) is 121 cm³/mol. The first-order valence-electron chi connectivity index (χ1n) is 10.1. The van der Waals surface area contributed by atoms with Gasteiger partial charge < -0.3 is 39.5 Å². The molecule has 6 N–H and O–H groups in total. The van der Waals surface area contributed by atoms with Crippen LogP contribution < -0.4 is 11.3 Å². The Morgan fingerprint density at radius 3 is 1.53 bits per heavy atom. The lowest BCUT2D eigenvalue weighted by Crippen LogP contribution is -2.20. The number of alkyl halides is 1. The first-order valence-corrected chi connectivity index (χ1v) is 10.7. The number of phenolic OH excluding ortho intramolecular Hbond substituents is 4. The highest BCUT2D eigenvalue weighted by molar-refractivity contribution is 6.17. The average molecular weight is 491 g/mol. The number of halogens is 1. The van der Waals surface area contributed by atoms with E-state index in [0.717, 1.165) is 12.1 Å². The summed E-state index contributed by atoms with van der Waals surface area (Å²) in [6.07, 6.45) is 0.929. The van der Waals surface area contributed by atoms with Gasteiger partial charge in [0.2, 0.25) is 11.5 Å². The third-order valence-corrected chi connectivity index (χ3v) is 5.91. The van der Waals surface area contributed by atoms with E-state index in [9.17, 15) is 40.2 Å². The number of hydrogen-bond donors (Lipinski definition) is 6. The van der Waals surface area contributed by atoms with Gasteiger partial charge in [-0.05, 0) is 37.1 Å². The van der Waals surface area contributed by atoms with Gasteiger partial charge in [-0.3, -0.25) is 0 Å². The van der Waals surface area contributed by atoms with Crippen molar-refractivity contribution in [3.05, 3.63) is 56.2 Å². The molecule has 34 heavy (non-hydrogen) atoms. The van der Waals surface area contributed by atoms with Crippen LogP contribution in [0.5, 0.6) is 34.5 Å². The SMILES string of the molecule is O=c1oc2c(O)c(O)ccc2c(O)c1C(CCCCCl)c1c(O)c2ccc(O)c(O)c2oc1=O. The van der Waals surface area contributed by atoms with E-state index in [4.69, 9.17) is 20.4 Å². The minimum absolute atomic E-state index is 0.0640. The molecule has 0 aliphatic rings. The molecule has 11 heteroatoms. The van der Waals surface area contributed by atoms with Crippen LogP contribution in [0.1, 0.15) is 36.3 Å². The molecule has 4 aromatic rings. The lowest BCUT2D eigenvalue weighted by molar-refractivity contribution is 0.389. The summed E-state index contributed by atoms with van der Waals surface area (Å²) >= 11 is 5.76. The van der Waals surface area contributed by atoms with Gasteiger partial charge in [0, 0.05) is 11.8 Å². The molecule has 0 spiro atoms. The van der Waals surface area contributed by atoms with Crippen molar-refractivity contribution < 1.29 is 39.5 Å². The second-order valence-corrected chi connectivity index (χ2v) is 8.04. The molecule has 0 amide bonds. The molecule has 10 nitrogen and oxygen atoms in total. The van der Waals surface area contributed by atoms with E-state index in [-0.39, 0.29) is 34.2 Å². The summed E-state index contributed by atoms with van der Waals surface area (Å²) in [5.74, 6) is -4.83. The van der Waals surface area contributed by atoms with Crippen LogP contribution >= 0.6 is 11.6 Å². The summed E-state index contributed by atoms with van der Waals surface area (Å²) in [6, 6.07) is 4.60. The molecule has 0 bridgehead atoms. The normalized spacial score (nSPS) is 11.6. The summed E-state index contributed by atoms with van der Waals surface area (Å²) in [6.45, 7) is 0. The van der Waals surface area contributed by atoms with Crippen LogP contribution in [0.2, 0.25) is 0 Å². The number of benzene rings is 2. The number of rotatable bonds is 6. The highest BCUT2D eigenvalue weighted by Gasteiger charge is 2.32. The lowest BCUT2D eigenvalue weighted by Gasteiger charge is -2.19. The molecule has 2 aromatic heterocycles. The minimum Gasteiger partial charge on any atom is -0.507 e. The van der Waals surface area contributed by atoms with Crippen molar-refractivity contribution in [3.63, 3.8) is 0 Å². The van der Waals surface area contributed by atoms with Crippen molar-refractivity contribution in [1.82, 2.24) is 0 Å². The van der Waals surface area contributed by atoms with Gasteiger partial charge in [-0.2, -0.15) is 0 Å². The van der Waals surface area contributed by atoms with Gasteiger partial charge in [0.25, 0.3) is 0 Å². The Morgan fingerprint density at radius 2 is 1.12 bits per heavy atom. The standard InChI is InChI=1S/C23H19ClO10/c24-8-2-1-3-9(14-16(27)10-4-6-12(25)18(29)20(10)33-22(14)31)15-17(28)11-5-7-13(26)19(30)21(11)34-23(15)32/h4-7,9,25-30H,1-3,8H2. The quantitative estimate of drug-likeness (QED) is 0.101. The topological polar surface area (TPSA) is 182 Å². The predicted octanol–water partition coefficient (Wildman–Crippen LogP) is 3.67. The number of unbranched alkanes of at least 4 members (excludes halogenated alkanes) is 1. The summed E-state index contributed by atoms with van der Waals surface area (Å²) in [5.41, 5.74) is -3.90. The summed E-state index contributed by atoms with van der Waals surface area (Å²) < 4.78 is 10.3. The van der Waals surface area contributed by atoms with Crippen molar-refractivity contribution in [2.75, 3.05) is 5.88 Å². The van der Waals surface area contributed by atoms with Gasteiger partial charge in [-0.15, -0.1) is 11.6 Å². The fourth-order valence-electron chi connectivity index (χ4n) is 3.97. The van der Waals surface area contributed by atoms with Crippen molar-refractivity contribution in [1.29, 1.82) is 0 Å². The summed E-state index contributed by atoms with van der Waals surface area (Å²) in [4.78, 5) is 25.8. The van der Waals surface area contributed by atoms with Crippen LogP contribution in [-0.4, -0.2) is 36.5 Å². The van der Waals surface area contributed by atoms with Crippen molar-refractivity contribution in [2.45, 2.75) is 25.2 Å². The largest absolute Gasteiger partial charge is 0.507 e. The molecular weight excluding hydrogens is 472 g/mol. The van der Waals surface area contributed by atoms with E-state index in [1.54, 1.807) is 0 Å². The molecule has 0 aliphatic heterocycles. The second-order valence-electron chi connectivity index (χ2n) is 7.66. The molecule has 0 unspecified atom stereocenters. The van der Waals surface area contributed by atoms with Gasteiger partial charge >= 0.3 is 11.3 Å². The van der Waals surface area contributed by atoms with Crippen molar-refractivity contribution in [3.8, 4) is 34.5 Å². The van der Waals surface area contributed by atoms with Crippen molar-refractivity contribution in [2.24, 2.45) is 0 Å². The monoisotopic (exact) mass is 490 g/mol. The number of fused-ring (bicyclic) bond motifs is 2. The molecule has 0 aliphatic carbocycles. The Bertz CT molecular complexity index is 1420. The van der Waals surface area contributed by atoms with Crippen molar-refractivity contribution >= 4 is 33.5 Å². The maximum absolute atomic E-state index is 12.9. The van der Waals surface area contributed by atoms with Gasteiger partial charge in [0.1, 0.15) is 11.5 Å². The average Bonchev–Trinajstić information content (AvgIpc) is 2.79. The first kappa shape index (κ1) is 23.1. The Kier molecular flexibility index (Phi) is 5.92. The van der Waals surface area contributed by atoms with Gasteiger partial charge in [0.15, 0.2) is 22.7 Å². The number of hydrogen-bond acceptors (Lipinski definition) is 10. The first-order chi connectivity index (χ1) is 16.2. The smallest absolute Gasteiger partial charge is 0.343 e. The molecule has 0 radical (unpaired) electrons. The van der Waals surface area contributed by atoms with E-state index in [1.165, 1.54) is 12.1 Å². The maximum atomic E-state index is 12.9. The fourth-order valence-corrected chi connectivity index (χ4v) is 4.16. The van der Waals surface area contributed by atoms with Crippen LogP contribution in [0, 0.1) is 0 Å². The van der Waals surface area contributed by atoms with E-state index >= 15 is 0 Å². The number of aromatic hydroxyl groups is 6. The fraction of sp³-hybridized carbons (Fsp3) is 0.217. The van der Waals surface area contributed by atoms with E-state index in [2.05, 4.69) is 0 Å². The second kappa shape index (κ2) is 8.71. The summed E-state index contributed by atoms with van der Waals surface area (Å²) in [5, 5.41) is 61.1. The van der Waals surface area contributed by atoms with E-state index in [1.807, 2.05) is 0 Å². The Labute approximate surface area is 195 Å².